The average molecular weight is 683 g/mol. The first-order valence-electron chi connectivity index (χ1n) is 18.4. The van der Waals surface area contributed by atoms with Gasteiger partial charge in [0.25, 0.3) is 0 Å². The van der Waals surface area contributed by atoms with E-state index in [0.29, 0.717) is 12.8 Å². The van der Waals surface area contributed by atoms with Gasteiger partial charge >= 0.3 is 19.8 Å². The molecule has 0 saturated carbocycles. The number of phosphoric ester groups is 1. The Morgan fingerprint density at radius 1 is 0.574 bits per heavy atom. The maximum atomic E-state index is 12.4. The van der Waals surface area contributed by atoms with Crippen molar-refractivity contribution in [2.45, 2.75) is 168 Å². The standard InChI is InChI=1S/C38H67O8P/c1-3-5-7-9-11-13-15-17-18-19-20-21-23-25-27-29-31-33-38(40)46-36(35-45-47(41,42)43)34-44-37(39)32-30-28-26-24-22-16-14-12-10-8-6-4-2/h5,7,11-14,17-18,36H,3-4,6,8-10,15-16,19-35H2,1-2H3,(H2,41,42,43)/b7-5-,13-11-,14-12-,18-17-. The second-order valence-corrected chi connectivity index (χ2v) is 13.4. The highest BCUT2D eigenvalue weighted by molar-refractivity contribution is 7.46. The highest BCUT2D eigenvalue weighted by atomic mass is 31.2. The SMILES string of the molecule is CC/C=C\C/C=C\C/C=C\CCCCCCCCCC(=O)OC(COC(=O)CCCCCCC/C=C\CCCCC)COP(=O)(O)O. The van der Waals surface area contributed by atoms with Gasteiger partial charge in [-0.25, -0.2) is 4.57 Å². The van der Waals surface area contributed by atoms with Crippen LogP contribution >= 0.6 is 7.82 Å². The molecule has 0 aromatic heterocycles. The highest BCUT2D eigenvalue weighted by Gasteiger charge is 2.22. The predicted octanol–water partition coefficient (Wildman–Crippen LogP) is 10.8. The van der Waals surface area contributed by atoms with Crippen molar-refractivity contribution in [2.24, 2.45) is 0 Å². The number of carbonyl (C=O) groups is 2. The molecule has 1 atom stereocenters. The largest absolute Gasteiger partial charge is 0.469 e. The van der Waals surface area contributed by atoms with Crippen LogP contribution < -0.4 is 0 Å². The Labute approximate surface area is 286 Å². The summed E-state index contributed by atoms with van der Waals surface area (Å²) in [5.41, 5.74) is 0. The van der Waals surface area contributed by atoms with E-state index in [1.807, 2.05) is 0 Å². The molecule has 47 heavy (non-hydrogen) atoms. The quantitative estimate of drug-likeness (QED) is 0.0304. The lowest BCUT2D eigenvalue weighted by Gasteiger charge is -2.18. The van der Waals surface area contributed by atoms with Crippen molar-refractivity contribution in [3.8, 4) is 0 Å². The minimum Gasteiger partial charge on any atom is -0.462 e. The number of hydrogen-bond donors (Lipinski definition) is 2. The van der Waals surface area contributed by atoms with Crippen LogP contribution in [0.15, 0.2) is 48.6 Å². The van der Waals surface area contributed by atoms with Crippen molar-refractivity contribution in [1.82, 2.24) is 0 Å². The van der Waals surface area contributed by atoms with Crippen LogP contribution in [0.3, 0.4) is 0 Å². The molecule has 0 fully saturated rings. The Kier molecular flexibility index (Phi) is 32.5. The lowest BCUT2D eigenvalue weighted by Crippen LogP contribution is -2.29. The van der Waals surface area contributed by atoms with Crippen LogP contribution in [0, 0.1) is 0 Å². The Morgan fingerprint density at radius 3 is 1.55 bits per heavy atom. The molecular formula is C38H67O8P. The van der Waals surface area contributed by atoms with Gasteiger partial charge in [-0.2, -0.15) is 0 Å². The first-order chi connectivity index (χ1) is 22.8. The number of hydrogen-bond acceptors (Lipinski definition) is 6. The summed E-state index contributed by atoms with van der Waals surface area (Å²) in [6.45, 7) is 3.52. The summed E-state index contributed by atoms with van der Waals surface area (Å²) in [6, 6.07) is 0. The molecule has 0 bridgehead atoms. The van der Waals surface area contributed by atoms with E-state index in [4.69, 9.17) is 19.3 Å². The summed E-state index contributed by atoms with van der Waals surface area (Å²) >= 11 is 0. The first kappa shape index (κ1) is 45.0. The van der Waals surface area contributed by atoms with E-state index in [1.54, 1.807) is 0 Å². The van der Waals surface area contributed by atoms with E-state index in [1.165, 1.54) is 38.5 Å². The number of carbonyl (C=O) groups excluding carboxylic acids is 2. The van der Waals surface area contributed by atoms with Gasteiger partial charge in [0.05, 0.1) is 6.61 Å². The Morgan fingerprint density at radius 2 is 1.02 bits per heavy atom. The van der Waals surface area contributed by atoms with Crippen molar-refractivity contribution < 1.29 is 37.9 Å². The van der Waals surface area contributed by atoms with Crippen molar-refractivity contribution in [3.05, 3.63) is 48.6 Å². The fourth-order valence-corrected chi connectivity index (χ4v) is 5.21. The van der Waals surface area contributed by atoms with Crippen molar-refractivity contribution >= 4 is 19.8 Å². The molecule has 0 rings (SSSR count). The van der Waals surface area contributed by atoms with Gasteiger partial charge in [-0.1, -0.05) is 127 Å². The van der Waals surface area contributed by atoms with Gasteiger partial charge < -0.3 is 19.3 Å². The molecule has 0 aliphatic heterocycles. The number of ether oxygens (including phenoxy) is 2. The van der Waals surface area contributed by atoms with Gasteiger partial charge in [-0.3, -0.25) is 14.1 Å². The van der Waals surface area contributed by atoms with Crippen LogP contribution in [-0.2, 0) is 28.2 Å². The molecule has 0 heterocycles. The fourth-order valence-electron chi connectivity index (χ4n) is 4.85. The predicted molar refractivity (Wildman–Crippen MR) is 193 cm³/mol. The maximum Gasteiger partial charge on any atom is 0.469 e. The van der Waals surface area contributed by atoms with Gasteiger partial charge in [-0.15, -0.1) is 0 Å². The molecule has 8 nitrogen and oxygen atoms in total. The zero-order valence-electron chi connectivity index (χ0n) is 29.7. The number of allylic oxidation sites excluding steroid dienone is 8. The number of phosphoric acid groups is 1. The molecule has 0 spiro atoms. The van der Waals surface area contributed by atoms with Crippen molar-refractivity contribution in [3.63, 3.8) is 0 Å². The summed E-state index contributed by atoms with van der Waals surface area (Å²) in [4.78, 5) is 42.6. The molecule has 2 N–H and O–H groups in total. The van der Waals surface area contributed by atoms with E-state index in [2.05, 4.69) is 67.0 Å². The number of esters is 2. The second kappa shape index (κ2) is 33.9. The molecule has 0 amide bonds. The molecule has 0 saturated heterocycles. The normalized spacial score (nSPS) is 13.0. The highest BCUT2D eigenvalue weighted by Crippen LogP contribution is 2.36. The lowest BCUT2D eigenvalue weighted by atomic mass is 10.1. The fraction of sp³-hybridized carbons (Fsp3) is 0.737. The third-order valence-electron chi connectivity index (χ3n) is 7.58. The number of rotatable bonds is 33. The van der Waals surface area contributed by atoms with Crippen LogP contribution in [0.25, 0.3) is 0 Å². The number of unbranched alkanes of at least 4 members (excludes halogenated alkanes) is 15. The van der Waals surface area contributed by atoms with E-state index in [0.717, 1.165) is 83.5 Å². The third-order valence-corrected chi connectivity index (χ3v) is 8.07. The third kappa shape index (κ3) is 36.7. The van der Waals surface area contributed by atoms with Crippen LogP contribution in [-0.4, -0.2) is 41.0 Å². The second-order valence-electron chi connectivity index (χ2n) is 12.2. The molecule has 9 heteroatoms. The van der Waals surface area contributed by atoms with Crippen LogP contribution in [0.1, 0.15) is 162 Å². The Bertz CT molecular complexity index is 905. The molecule has 0 aliphatic carbocycles. The molecule has 0 aromatic carbocycles. The van der Waals surface area contributed by atoms with Gasteiger partial charge in [0.2, 0.25) is 0 Å². The van der Waals surface area contributed by atoms with Gasteiger partial charge in [0, 0.05) is 12.8 Å². The van der Waals surface area contributed by atoms with Gasteiger partial charge in [-0.05, 0) is 70.6 Å². The van der Waals surface area contributed by atoms with Crippen molar-refractivity contribution in [1.29, 1.82) is 0 Å². The molecule has 272 valence electrons. The lowest BCUT2D eigenvalue weighted by molar-refractivity contribution is -0.161. The first-order valence-corrected chi connectivity index (χ1v) is 20.0. The topological polar surface area (TPSA) is 119 Å². The molecule has 0 aromatic rings. The van der Waals surface area contributed by atoms with Crippen LogP contribution in [0.4, 0.5) is 0 Å². The van der Waals surface area contributed by atoms with Gasteiger partial charge in [0.1, 0.15) is 6.61 Å². The van der Waals surface area contributed by atoms with E-state index in [9.17, 15) is 14.2 Å². The average Bonchev–Trinajstić information content (AvgIpc) is 3.04. The monoisotopic (exact) mass is 682 g/mol. The smallest absolute Gasteiger partial charge is 0.462 e. The Hall–Kier alpha value is -1.99. The van der Waals surface area contributed by atoms with E-state index >= 15 is 0 Å². The molecule has 1 unspecified atom stereocenters. The minimum atomic E-state index is -4.75. The molecular weight excluding hydrogens is 615 g/mol. The summed E-state index contributed by atoms with van der Waals surface area (Å²) < 4.78 is 26.3. The van der Waals surface area contributed by atoms with E-state index in [-0.39, 0.29) is 19.4 Å². The summed E-state index contributed by atoms with van der Waals surface area (Å²) in [5, 5.41) is 0. The van der Waals surface area contributed by atoms with E-state index < -0.39 is 32.5 Å². The summed E-state index contributed by atoms with van der Waals surface area (Å²) in [7, 11) is -4.75. The maximum absolute atomic E-state index is 12.4. The molecule has 0 radical (unpaired) electrons. The zero-order chi connectivity index (χ0) is 34.7. The summed E-state index contributed by atoms with van der Waals surface area (Å²) in [5.74, 6) is -0.910. The van der Waals surface area contributed by atoms with Gasteiger partial charge in [0.15, 0.2) is 6.10 Å². The van der Waals surface area contributed by atoms with Crippen LogP contribution in [0.5, 0.6) is 0 Å². The minimum absolute atomic E-state index is 0.198. The molecule has 0 aliphatic rings. The zero-order valence-corrected chi connectivity index (χ0v) is 30.6. The Balaban J connectivity index is 4.00. The van der Waals surface area contributed by atoms with Crippen molar-refractivity contribution in [2.75, 3.05) is 13.2 Å². The van der Waals surface area contributed by atoms with Crippen LogP contribution in [0.2, 0.25) is 0 Å². The summed E-state index contributed by atoms with van der Waals surface area (Å²) in [6.07, 6.45) is 39.7.